The van der Waals surface area contributed by atoms with Crippen LogP contribution in [0.3, 0.4) is 0 Å². The van der Waals surface area contributed by atoms with Crippen LogP contribution in [0.5, 0.6) is 0 Å². The molecule has 0 spiro atoms. The van der Waals surface area contributed by atoms with Gasteiger partial charge in [0, 0.05) is 5.56 Å². The minimum Gasteiger partial charge on any atom is -0.356 e. The Balaban J connectivity index is 1.75. The van der Waals surface area contributed by atoms with Crippen molar-refractivity contribution in [2.24, 2.45) is 0 Å². The van der Waals surface area contributed by atoms with Gasteiger partial charge in [-0.1, -0.05) is 42.5 Å². The Bertz CT molecular complexity index is 563. The topological polar surface area (TPSA) is 29.6 Å². The average Bonchev–Trinajstić information content (AvgIpc) is 3.20. The number of hydrogen-bond acceptors (Lipinski definition) is 2. The van der Waals surface area contributed by atoms with Gasteiger partial charge in [-0.05, 0) is 17.7 Å². The van der Waals surface area contributed by atoms with E-state index in [1.54, 1.807) is 24.3 Å². The number of ketones is 1. The number of benzene rings is 2. The van der Waals surface area contributed by atoms with E-state index in [0.29, 0.717) is 5.56 Å². The molecular formula is C15H11FO2. The molecule has 0 N–H and O–H groups in total. The Kier molecular flexibility index (Phi) is 2.68. The molecule has 2 atom stereocenters. The van der Waals surface area contributed by atoms with Crippen LogP contribution in [0.2, 0.25) is 0 Å². The number of halogens is 1. The van der Waals surface area contributed by atoms with Gasteiger partial charge in [-0.15, -0.1) is 0 Å². The molecule has 2 nitrogen and oxygen atoms in total. The van der Waals surface area contributed by atoms with E-state index in [2.05, 4.69) is 0 Å². The maximum atomic E-state index is 12.8. The second kappa shape index (κ2) is 4.35. The van der Waals surface area contributed by atoms with Gasteiger partial charge in [-0.25, -0.2) is 4.39 Å². The third-order valence-electron chi connectivity index (χ3n) is 3.01. The lowest BCUT2D eigenvalue weighted by Gasteiger charge is -1.97. The zero-order chi connectivity index (χ0) is 12.5. The van der Waals surface area contributed by atoms with Crippen LogP contribution in [-0.4, -0.2) is 11.9 Å². The normalized spacial score (nSPS) is 21.6. The summed E-state index contributed by atoms with van der Waals surface area (Å²) in [7, 11) is 0. The lowest BCUT2D eigenvalue weighted by atomic mass is 10.0. The van der Waals surface area contributed by atoms with Crippen molar-refractivity contribution in [3.63, 3.8) is 0 Å². The molecule has 0 amide bonds. The van der Waals surface area contributed by atoms with E-state index in [9.17, 15) is 9.18 Å². The Morgan fingerprint density at radius 1 is 1.00 bits per heavy atom. The van der Waals surface area contributed by atoms with Crippen LogP contribution in [0.15, 0.2) is 54.6 Å². The van der Waals surface area contributed by atoms with E-state index in [1.807, 2.05) is 18.2 Å². The van der Waals surface area contributed by atoms with Crippen molar-refractivity contribution in [3.8, 4) is 0 Å². The predicted octanol–water partition coefficient (Wildman–Crippen LogP) is 3.15. The molecule has 1 aliphatic heterocycles. The molecule has 0 unspecified atom stereocenters. The minimum absolute atomic E-state index is 0.0232. The first-order valence-corrected chi connectivity index (χ1v) is 5.76. The van der Waals surface area contributed by atoms with Crippen LogP contribution in [-0.2, 0) is 4.74 Å². The van der Waals surface area contributed by atoms with Crippen LogP contribution < -0.4 is 0 Å². The number of carbonyl (C=O) groups excluding carboxylic acids is 1. The van der Waals surface area contributed by atoms with Crippen molar-refractivity contribution < 1.29 is 13.9 Å². The smallest absolute Gasteiger partial charge is 0.194 e. The predicted molar refractivity (Wildman–Crippen MR) is 64.8 cm³/mol. The number of carbonyl (C=O) groups is 1. The number of ether oxygens (including phenoxy) is 1. The van der Waals surface area contributed by atoms with E-state index < -0.39 is 6.10 Å². The van der Waals surface area contributed by atoms with Crippen molar-refractivity contribution in [2.45, 2.75) is 12.2 Å². The lowest BCUT2D eigenvalue weighted by Crippen LogP contribution is -2.07. The highest BCUT2D eigenvalue weighted by atomic mass is 19.1. The second-order valence-corrected chi connectivity index (χ2v) is 4.26. The molecule has 1 aliphatic rings. The first-order chi connectivity index (χ1) is 8.75. The lowest BCUT2D eigenvalue weighted by molar-refractivity contribution is 0.0953. The summed E-state index contributed by atoms with van der Waals surface area (Å²) in [6, 6.07) is 15.1. The molecular weight excluding hydrogens is 231 g/mol. The zero-order valence-electron chi connectivity index (χ0n) is 9.55. The van der Waals surface area contributed by atoms with Gasteiger partial charge in [-0.2, -0.15) is 0 Å². The highest BCUT2D eigenvalue weighted by Crippen LogP contribution is 2.40. The number of Topliss-reactive ketones (excluding diaryl/α,β-unsaturated/α-hetero) is 1. The number of hydrogen-bond donors (Lipinski definition) is 0. The van der Waals surface area contributed by atoms with Gasteiger partial charge < -0.3 is 4.74 Å². The Morgan fingerprint density at radius 3 is 2.33 bits per heavy atom. The molecule has 90 valence electrons. The van der Waals surface area contributed by atoms with Gasteiger partial charge in [0.05, 0.1) is 0 Å². The third-order valence-corrected chi connectivity index (χ3v) is 3.01. The van der Waals surface area contributed by atoms with E-state index in [-0.39, 0.29) is 17.7 Å². The minimum atomic E-state index is -0.433. The summed E-state index contributed by atoms with van der Waals surface area (Å²) in [4.78, 5) is 12.1. The van der Waals surface area contributed by atoms with Gasteiger partial charge in [0.25, 0.3) is 0 Å². The molecule has 0 bridgehead atoms. The van der Waals surface area contributed by atoms with Crippen LogP contribution in [0.25, 0.3) is 0 Å². The first-order valence-electron chi connectivity index (χ1n) is 5.76. The van der Waals surface area contributed by atoms with Crippen LogP contribution >= 0.6 is 0 Å². The summed E-state index contributed by atoms with van der Waals surface area (Å²) < 4.78 is 18.2. The van der Waals surface area contributed by atoms with Gasteiger partial charge in [-0.3, -0.25) is 4.79 Å². The van der Waals surface area contributed by atoms with E-state index >= 15 is 0 Å². The van der Waals surface area contributed by atoms with Gasteiger partial charge in [0.15, 0.2) is 11.9 Å². The molecule has 3 rings (SSSR count). The fraction of sp³-hybridized carbons (Fsp3) is 0.133. The first kappa shape index (κ1) is 11.1. The number of epoxide rings is 1. The summed E-state index contributed by atoms with van der Waals surface area (Å²) in [5.41, 5.74) is 1.48. The molecule has 0 saturated carbocycles. The third kappa shape index (κ3) is 2.05. The second-order valence-electron chi connectivity index (χ2n) is 4.26. The van der Waals surface area contributed by atoms with Crippen LogP contribution in [0.4, 0.5) is 4.39 Å². The average molecular weight is 242 g/mol. The van der Waals surface area contributed by atoms with Crippen molar-refractivity contribution in [2.75, 3.05) is 0 Å². The largest absolute Gasteiger partial charge is 0.356 e. The van der Waals surface area contributed by atoms with E-state index in [4.69, 9.17) is 4.74 Å². The van der Waals surface area contributed by atoms with Gasteiger partial charge in [0.1, 0.15) is 11.9 Å². The Morgan fingerprint density at radius 2 is 1.67 bits per heavy atom. The van der Waals surface area contributed by atoms with Crippen molar-refractivity contribution in [1.82, 2.24) is 0 Å². The van der Waals surface area contributed by atoms with E-state index in [0.717, 1.165) is 5.56 Å². The van der Waals surface area contributed by atoms with Gasteiger partial charge in [0.2, 0.25) is 0 Å². The molecule has 0 aromatic heterocycles. The standard InChI is InChI=1S/C15H11FO2/c16-12-8-6-11(7-9-12)14-15(18-14)13(17)10-4-2-1-3-5-10/h1-9,14-15H/t14-,15-/m1/s1. The van der Waals surface area contributed by atoms with Crippen molar-refractivity contribution in [1.29, 1.82) is 0 Å². The summed E-state index contributed by atoms with van der Waals surface area (Å²) in [5.74, 6) is -0.310. The maximum absolute atomic E-state index is 12.8. The molecule has 18 heavy (non-hydrogen) atoms. The summed E-state index contributed by atoms with van der Waals surface area (Å²) in [6.07, 6.45) is -0.670. The van der Waals surface area contributed by atoms with Crippen LogP contribution in [0, 0.1) is 5.82 Å². The Hall–Kier alpha value is -2.00. The molecule has 1 saturated heterocycles. The van der Waals surface area contributed by atoms with Crippen LogP contribution in [0.1, 0.15) is 22.0 Å². The molecule has 2 aromatic rings. The van der Waals surface area contributed by atoms with Crippen molar-refractivity contribution in [3.05, 3.63) is 71.5 Å². The zero-order valence-corrected chi connectivity index (χ0v) is 9.55. The summed E-state index contributed by atoms with van der Waals surface area (Å²) in [5, 5.41) is 0. The maximum Gasteiger partial charge on any atom is 0.194 e. The highest BCUT2D eigenvalue weighted by molar-refractivity contribution is 6.01. The Labute approximate surface area is 104 Å². The van der Waals surface area contributed by atoms with Crippen molar-refractivity contribution >= 4 is 5.78 Å². The SMILES string of the molecule is O=C(c1ccccc1)[C@H]1O[C@@H]1c1ccc(F)cc1. The van der Waals surface area contributed by atoms with Gasteiger partial charge >= 0.3 is 0 Å². The fourth-order valence-electron chi connectivity index (χ4n) is 1.98. The fourth-order valence-corrected chi connectivity index (χ4v) is 1.98. The molecule has 0 aliphatic carbocycles. The molecule has 0 radical (unpaired) electrons. The molecule has 1 fully saturated rings. The molecule has 3 heteroatoms. The number of rotatable bonds is 3. The monoisotopic (exact) mass is 242 g/mol. The van der Waals surface area contributed by atoms with E-state index in [1.165, 1.54) is 12.1 Å². The summed E-state index contributed by atoms with van der Waals surface area (Å²) >= 11 is 0. The molecule has 2 aromatic carbocycles. The molecule has 1 heterocycles. The summed E-state index contributed by atoms with van der Waals surface area (Å²) in [6.45, 7) is 0. The highest BCUT2D eigenvalue weighted by Gasteiger charge is 2.46. The quantitative estimate of drug-likeness (QED) is 0.611.